The molecule has 1 aliphatic heterocycles. The third kappa shape index (κ3) is 4.50. The first-order valence-corrected chi connectivity index (χ1v) is 6.02. The molecule has 2 N–H and O–H groups in total. The van der Waals surface area contributed by atoms with Crippen LogP contribution in [0.4, 0.5) is 0 Å². The molecule has 1 heterocycles. The summed E-state index contributed by atoms with van der Waals surface area (Å²) >= 11 is 0. The first kappa shape index (κ1) is 14.2. The minimum atomic E-state index is 0. The van der Waals surface area contributed by atoms with E-state index in [-0.39, 0.29) is 12.4 Å². The Bertz CT molecular complexity index is 337. The van der Waals surface area contributed by atoms with Gasteiger partial charge in [-0.2, -0.15) is 0 Å². The third-order valence-electron chi connectivity index (χ3n) is 3.18. The van der Waals surface area contributed by atoms with Gasteiger partial charge in [0.25, 0.3) is 0 Å². The highest BCUT2D eigenvalue weighted by atomic mass is 35.5. The normalized spacial score (nSPS) is 20.6. The van der Waals surface area contributed by atoms with Crippen LogP contribution in [0.1, 0.15) is 12.0 Å². The van der Waals surface area contributed by atoms with Gasteiger partial charge in [-0.15, -0.1) is 12.4 Å². The number of hydrogen-bond acceptors (Lipinski definition) is 2. The molecule has 1 atom stereocenters. The molecule has 0 bridgehead atoms. The number of rotatable bonds is 4. The maximum absolute atomic E-state index is 5.67. The Balaban J connectivity index is 0.00000144. The molecule has 0 radical (unpaired) electrons. The number of nitrogens with two attached hydrogens (primary N) is 1. The van der Waals surface area contributed by atoms with Crippen molar-refractivity contribution in [1.29, 1.82) is 0 Å². The van der Waals surface area contributed by atoms with E-state index < -0.39 is 0 Å². The Morgan fingerprint density at radius 3 is 2.71 bits per heavy atom. The van der Waals surface area contributed by atoms with Crippen molar-refractivity contribution in [1.82, 2.24) is 4.90 Å². The van der Waals surface area contributed by atoms with E-state index in [2.05, 4.69) is 41.3 Å². The van der Waals surface area contributed by atoms with Crippen molar-refractivity contribution in [2.45, 2.75) is 6.42 Å². The molecule has 0 saturated carbocycles. The summed E-state index contributed by atoms with van der Waals surface area (Å²) in [7, 11) is 0. The number of hydrogen-bond donors (Lipinski definition) is 1. The van der Waals surface area contributed by atoms with Gasteiger partial charge < -0.3 is 5.73 Å². The highest BCUT2D eigenvalue weighted by Crippen LogP contribution is 2.14. The van der Waals surface area contributed by atoms with Crippen molar-refractivity contribution in [3.05, 3.63) is 42.0 Å². The van der Waals surface area contributed by atoms with Crippen molar-refractivity contribution < 1.29 is 0 Å². The predicted octanol–water partition coefficient (Wildman–Crippen LogP) is 2.40. The lowest BCUT2D eigenvalue weighted by Crippen LogP contribution is -2.23. The van der Waals surface area contributed by atoms with Crippen LogP contribution in [0.2, 0.25) is 0 Å². The van der Waals surface area contributed by atoms with Crippen LogP contribution in [0.15, 0.2) is 36.4 Å². The Hall–Kier alpha value is -0.830. The fourth-order valence-electron chi connectivity index (χ4n) is 2.17. The smallest absolute Gasteiger partial charge is 0.0166 e. The lowest BCUT2D eigenvalue weighted by atomic mass is 10.1. The molecule has 1 aliphatic rings. The summed E-state index contributed by atoms with van der Waals surface area (Å²) in [5.41, 5.74) is 6.95. The van der Waals surface area contributed by atoms with Gasteiger partial charge in [0.1, 0.15) is 0 Å². The fourth-order valence-corrected chi connectivity index (χ4v) is 2.17. The Kier molecular flexibility index (Phi) is 6.27. The van der Waals surface area contributed by atoms with Crippen LogP contribution in [-0.4, -0.2) is 31.1 Å². The van der Waals surface area contributed by atoms with Crippen molar-refractivity contribution in [2.24, 2.45) is 11.7 Å². The first-order chi connectivity index (χ1) is 7.88. The minimum absolute atomic E-state index is 0. The first-order valence-electron chi connectivity index (χ1n) is 6.02. The summed E-state index contributed by atoms with van der Waals surface area (Å²) in [5, 5.41) is 0. The fraction of sp³-hybridized carbons (Fsp3) is 0.429. The molecular weight excluding hydrogens is 232 g/mol. The second kappa shape index (κ2) is 7.49. The lowest BCUT2D eigenvalue weighted by molar-refractivity contribution is 0.361. The largest absolute Gasteiger partial charge is 0.330 e. The van der Waals surface area contributed by atoms with Crippen molar-refractivity contribution in [3.63, 3.8) is 0 Å². The molecule has 1 fully saturated rings. The maximum Gasteiger partial charge on any atom is 0.0166 e. The Labute approximate surface area is 110 Å². The minimum Gasteiger partial charge on any atom is -0.330 e. The van der Waals surface area contributed by atoms with Gasteiger partial charge in [-0.25, -0.2) is 0 Å². The van der Waals surface area contributed by atoms with Crippen LogP contribution < -0.4 is 5.73 Å². The zero-order valence-corrected chi connectivity index (χ0v) is 10.9. The summed E-state index contributed by atoms with van der Waals surface area (Å²) in [6.45, 7) is 4.24. The highest BCUT2D eigenvalue weighted by Gasteiger charge is 2.19. The van der Waals surface area contributed by atoms with Crippen LogP contribution in [0.25, 0.3) is 6.08 Å². The highest BCUT2D eigenvalue weighted by molar-refractivity contribution is 5.85. The third-order valence-corrected chi connectivity index (χ3v) is 3.18. The van der Waals surface area contributed by atoms with E-state index in [1.807, 2.05) is 6.07 Å². The zero-order valence-electron chi connectivity index (χ0n) is 10.1. The molecule has 17 heavy (non-hydrogen) atoms. The monoisotopic (exact) mass is 252 g/mol. The summed E-state index contributed by atoms with van der Waals surface area (Å²) in [6, 6.07) is 10.4. The molecule has 2 nitrogen and oxygen atoms in total. The van der Waals surface area contributed by atoms with Gasteiger partial charge in [0.05, 0.1) is 0 Å². The van der Waals surface area contributed by atoms with E-state index in [4.69, 9.17) is 5.73 Å². The Morgan fingerprint density at radius 2 is 2.06 bits per heavy atom. The van der Waals surface area contributed by atoms with Crippen LogP contribution in [-0.2, 0) is 0 Å². The molecule has 0 aromatic heterocycles. The van der Waals surface area contributed by atoms with Crippen molar-refractivity contribution >= 4 is 18.5 Å². The molecule has 1 aromatic rings. The number of nitrogens with zero attached hydrogens (tertiary/aromatic N) is 1. The topological polar surface area (TPSA) is 29.3 Å². The van der Waals surface area contributed by atoms with E-state index in [9.17, 15) is 0 Å². The average Bonchev–Trinajstić information content (AvgIpc) is 2.78. The van der Waals surface area contributed by atoms with E-state index >= 15 is 0 Å². The summed E-state index contributed by atoms with van der Waals surface area (Å²) in [4.78, 5) is 2.47. The number of halogens is 1. The quantitative estimate of drug-likeness (QED) is 0.892. The number of likely N-dealkylation sites (tertiary alicyclic amines) is 1. The van der Waals surface area contributed by atoms with Gasteiger partial charge in [0.2, 0.25) is 0 Å². The molecular formula is C14H21ClN2. The van der Waals surface area contributed by atoms with Gasteiger partial charge in [0.15, 0.2) is 0 Å². The molecule has 94 valence electrons. The average molecular weight is 253 g/mol. The molecule has 1 unspecified atom stereocenters. The van der Waals surface area contributed by atoms with E-state index in [1.54, 1.807) is 0 Å². The van der Waals surface area contributed by atoms with Gasteiger partial charge >= 0.3 is 0 Å². The van der Waals surface area contributed by atoms with Crippen molar-refractivity contribution in [3.8, 4) is 0 Å². The molecule has 0 aliphatic carbocycles. The van der Waals surface area contributed by atoms with E-state index in [0.717, 1.165) is 19.6 Å². The Morgan fingerprint density at radius 1 is 1.29 bits per heavy atom. The van der Waals surface area contributed by atoms with Gasteiger partial charge in [-0.3, -0.25) is 4.90 Å². The predicted molar refractivity (Wildman–Crippen MR) is 76.3 cm³/mol. The van der Waals surface area contributed by atoms with E-state index in [0.29, 0.717) is 5.92 Å². The van der Waals surface area contributed by atoms with Gasteiger partial charge in [-0.1, -0.05) is 42.5 Å². The van der Waals surface area contributed by atoms with Crippen molar-refractivity contribution in [2.75, 3.05) is 26.2 Å². The van der Waals surface area contributed by atoms with Crippen LogP contribution in [0.3, 0.4) is 0 Å². The SMILES string of the molecule is Cl.NCC1CCN(C/C=C/c2ccccc2)C1. The van der Waals surface area contributed by atoms with Gasteiger partial charge in [-0.05, 0) is 31.0 Å². The summed E-state index contributed by atoms with van der Waals surface area (Å²) < 4.78 is 0. The van der Waals surface area contributed by atoms with Gasteiger partial charge in [0, 0.05) is 13.1 Å². The number of benzene rings is 1. The van der Waals surface area contributed by atoms with E-state index in [1.165, 1.54) is 18.5 Å². The molecule has 0 spiro atoms. The van der Waals surface area contributed by atoms with Crippen LogP contribution in [0.5, 0.6) is 0 Å². The molecule has 1 aromatic carbocycles. The second-order valence-corrected chi connectivity index (χ2v) is 4.46. The maximum atomic E-state index is 5.67. The zero-order chi connectivity index (χ0) is 11.2. The summed E-state index contributed by atoms with van der Waals surface area (Å²) in [6.07, 6.45) is 5.69. The molecule has 0 amide bonds. The lowest BCUT2D eigenvalue weighted by Gasteiger charge is -2.12. The molecule has 3 heteroatoms. The summed E-state index contributed by atoms with van der Waals surface area (Å²) in [5.74, 6) is 0.713. The molecule has 1 saturated heterocycles. The second-order valence-electron chi connectivity index (χ2n) is 4.46. The van der Waals surface area contributed by atoms with Crippen LogP contribution in [0, 0.1) is 5.92 Å². The van der Waals surface area contributed by atoms with Crippen LogP contribution >= 0.6 is 12.4 Å². The standard InChI is InChI=1S/C14H20N2.ClH/c15-11-14-8-10-16(12-14)9-4-7-13-5-2-1-3-6-13;/h1-7,14H,8-12,15H2;1H/b7-4+;. The molecule has 2 rings (SSSR count).